The highest BCUT2D eigenvalue weighted by atomic mass is 16.1. The Labute approximate surface area is 82.5 Å². The van der Waals surface area contributed by atoms with Gasteiger partial charge in [0.25, 0.3) is 0 Å². The molecule has 1 amide bonds. The van der Waals surface area contributed by atoms with Crippen LogP contribution in [-0.4, -0.2) is 24.0 Å². The third-order valence-electron chi connectivity index (χ3n) is 2.69. The highest BCUT2D eigenvalue weighted by molar-refractivity contribution is 5.78. The molecule has 2 unspecified atom stereocenters. The number of rotatable bonds is 2. The second-order valence-corrected chi connectivity index (χ2v) is 3.56. The number of nitrogens with zero attached hydrogens (tertiary/aromatic N) is 1. The van der Waals surface area contributed by atoms with Gasteiger partial charge in [-0.15, -0.1) is 0 Å². The Balaban J connectivity index is 2.22. The van der Waals surface area contributed by atoms with Crippen LogP contribution in [0.4, 0.5) is 0 Å². The van der Waals surface area contributed by atoms with Gasteiger partial charge in [-0.3, -0.25) is 9.78 Å². The van der Waals surface area contributed by atoms with Crippen LogP contribution < -0.4 is 11.1 Å². The summed E-state index contributed by atoms with van der Waals surface area (Å²) in [7, 11) is 0. The Morgan fingerprint density at radius 3 is 3.07 bits per heavy atom. The van der Waals surface area contributed by atoms with Crippen LogP contribution in [0.1, 0.15) is 11.5 Å². The van der Waals surface area contributed by atoms with Crippen molar-refractivity contribution in [3.8, 4) is 0 Å². The number of carbonyl (C=O) groups excluding carboxylic acids is 1. The normalized spacial score (nSPS) is 26.3. The average molecular weight is 191 g/mol. The van der Waals surface area contributed by atoms with E-state index in [9.17, 15) is 4.79 Å². The minimum Gasteiger partial charge on any atom is -0.369 e. The van der Waals surface area contributed by atoms with E-state index in [1.807, 2.05) is 12.1 Å². The Morgan fingerprint density at radius 1 is 1.57 bits per heavy atom. The molecule has 0 aromatic carbocycles. The summed E-state index contributed by atoms with van der Waals surface area (Å²) in [5.41, 5.74) is 6.41. The summed E-state index contributed by atoms with van der Waals surface area (Å²) < 4.78 is 0. The first kappa shape index (κ1) is 9.15. The minimum atomic E-state index is -0.233. The maximum Gasteiger partial charge on any atom is 0.222 e. The van der Waals surface area contributed by atoms with E-state index in [4.69, 9.17) is 5.73 Å². The lowest BCUT2D eigenvalue weighted by atomic mass is 9.89. The van der Waals surface area contributed by atoms with Crippen molar-refractivity contribution in [1.29, 1.82) is 0 Å². The summed E-state index contributed by atoms with van der Waals surface area (Å²) in [5, 5.41) is 3.17. The van der Waals surface area contributed by atoms with E-state index in [2.05, 4.69) is 10.3 Å². The molecule has 0 radical (unpaired) electrons. The summed E-state index contributed by atoms with van der Waals surface area (Å²) in [4.78, 5) is 15.2. The molecule has 4 nitrogen and oxygen atoms in total. The second kappa shape index (κ2) is 3.75. The fraction of sp³-hybridized carbons (Fsp3) is 0.400. The van der Waals surface area contributed by atoms with Gasteiger partial charge in [0.15, 0.2) is 0 Å². The van der Waals surface area contributed by atoms with Crippen molar-refractivity contribution in [3.05, 3.63) is 30.1 Å². The highest BCUT2D eigenvalue weighted by Gasteiger charge is 2.32. The van der Waals surface area contributed by atoms with Gasteiger partial charge < -0.3 is 11.1 Å². The molecule has 0 spiro atoms. The predicted octanol–water partition coefficient (Wildman–Crippen LogP) is -0.130. The molecule has 0 aliphatic carbocycles. The van der Waals surface area contributed by atoms with Gasteiger partial charge in [-0.05, 0) is 11.6 Å². The molecule has 74 valence electrons. The topological polar surface area (TPSA) is 68.0 Å². The molecular formula is C10H13N3O. The molecule has 1 aliphatic rings. The summed E-state index contributed by atoms with van der Waals surface area (Å²) in [6, 6.07) is 3.87. The van der Waals surface area contributed by atoms with Gasteiger partial charge in [0.05, 0.1) is 5.92 Å². The number of hydrogen-bond donors (Lipinski definition) is 2. The molecule has 2 atom stereocenters. The van der Waals surface area contributed by atoms with Crippen LogP contribution >= 0.6 is 0 Å². The van der Waals surface area contributed by atoms with E-state index in [-0.39, 0.29) is 17.7 Å². The van der Waals surface area contributed by atoms with Crippen molar-refractivity contribution in [3.63, 3.8) is 0 Å². The van der Waals surface area contributed by atoms with Crippen molar-refractivity contribution >= 4 is 5.91 Å². The van der Waals surface area contributed by atoms with Crippen LogP contribution in [0.25, 0.3) is 0 Å². The molecule has 2 heterocycles. The number of nitrogens with two attached hydrogens (primary N) is 1. The summed E-state index contributed by atoms with van der Waals surface area (Å²) in [6.45, 7) is 1.48. The summed E-state index contributed by atoms with van der Waals surface area (Å²) in [6.07, 6.45) is 3.53. The molecule has 1 aromatic rings. The molecule has 0 bridgehead atoms. The monoisotopic (exact) mass is 191 g/mol. The van der Waals surface area contributed by atoms with Gasteiger partial charge in [0.1, 0.15) is 0 Å². The number of pyridine rings is 1. The molecule has 0 saturated carbocycles. The van der Waals surface area contributed by atoms with Crippen LogP contribution in [0.5, 0.6) is 0 Å². The lowest BCUT2D eigenvalue weighted by Gasteiger charge is -2.14. The van der Waals surface area contributed by atoms with E-state index < -0.39 is 0 Å². The van der Waals surface area contributed by atoms with Crippen LogP contribution in [0.2, 0.25) is 0 Å². The maximum atomic E-state index is 11.1. The van der Waals surface area contributed by atoms with Crippen molar-refractivity contribution in [1.82, 2.24) is 10.3 Å². The number of amides is 1. The number of primary amides is 1. The average Bonchev–Trinajstić information content (AvgIpc) is 2.67. The number of nitrogens with one attached hydrogen (secondary N) is 1. The smallest absolute Gasteiger partial charge is 0.222 e. The molecule has 2 rings (SSSR count). The Morgan fingerprint density at radius 2 is 2.43 bits per heavy atom. The lowest BCUT2D eigenvalue weighted by molar-refractivity contribution is -0.121. The Hall–Kier alpha value is -1.42. The molecule has 14 heavy (non-hydrogen) atoms. The van der Waals surface area contributed by atoms with Gasteiger partial charge in [0.2, 0.25) is 5.91 Å². The van der Waals surface area contributed by atoms with Crippen LogP contribution in [-0.2, 0) is 4.79 Å². The molecular weight excluding hydrogens is 178 g/mol. The molecule has 1 saturated heterocycles. The first-order valence-corrected chi connectivity index (χ1v) is 4.69. The first-order chi connectivity index (χ1) is 6.79. The standard InChI is InChI=1S/C10H13N3O/c11-10(14)9-6-13-5-8(9)7-2-1-3-12-4-7/h1-4,8-9,13H,5-6H2,(H2,11,14). The van der Waals surface area contributed by atoms with Gasteiger partial charge in [-0.2, -0.15) is 0 Å². The van der Waals surface area contributed by atoms with Crippen molar-refractivity contribution in [2.24, 2.45) is 11.7 Å². The lowest BCUT2D eigenvalue weighted by Crippen LogP contribution is -2.28. The number of aromatic nitrogens is 1. The summed E-state index contributed by atoms with van der Waals surface area (Å²) in [5.74, 6) is -0.149. The van der Waals surface area contributed by atoms with E-state index in [1.54, 1.807) is 12.4 Å². The quantitative estimate of drug-likeness (QED) is 0.684. The second-order valence-electron chi connectivity index (χ2n) is 3.56. The van der Waals surface area contributed by atoms with E-state index in [0.29, 0.717) is 6.54 Å². The van der Waals surface area contributed by atoms with Gasteiger partial charge in [-0.1, -0.05) is 6.07 Å². The molecule has 1 fully saturated rings. The van der Waals surface area contributed by atoms with Crippen LogP contribution in [0, 0.1) is 5.92 Å². The zero-order valence-corrected chi connectivity index (χ0v) is 7.81. The fourth-order valence-corrected chi connectivity index (χ4v) is 1.92. The van der Waals surface area contributed by atoms with Crippen LogP contribution in [0.15, 0.2) is 24.5 Å². The largest absolute Gasteiger partial charge is 0.369 e. The third-order valence-corrected chi connectivity index (χ3v) is 2.69. The zero-order chi connectivity index (χ0) is 9.97. The third kappa shape index (κ3) is 1.61. The van der Waals surface area contributed by atoms with Crippen molar-refractivity contribution in [2.45, 2.75) is 5.92 Å². The van der Waals surface area contributed by atoms with E-state index in [1.165, 1.54) is 0 Å². The molecule has 3 N–H and O–H groups in total. The molecule has 1 aromatic heterocycles. The van der Waals surface area contributed by atoms with Gasteiger partial charge >= 0.3 is 0 Å². The van der Waals surface area contributed by atoms with Gasteiger partial charge in [-0.25, -0.2) is 0 Å². The molecule has 4 heteroatoms. The SMILES string of the molecule is NC(=O)C1CNCC1c1cccnc1. The van der Waals surface area contributed by atoms with Crippen molar-refractivity contribution < 1.29 is 4.79 Å². The fourth-order valence-electron chi connectivity index (χ4n) is 1.92. The zero-order valence-electron chi connectivity index (χ0n) is 7.81. The highest BCUT2D eigenvalue weighted by Crippen LogP contribution is 2.26. The van der Waals surface area contributed by atoms with Gasteiger partial charge in [0, 0.05) is 31.4 Å². The Kier molecular flexibility index (Phi) is 2.45. The predicted molar refractivity (Wildman–Crippen MR) is 52.5 cm³/mol. The Bertz CT molecular complexity index is 325. The first-order valence-electron chi connectivity index (χ1n) is 4.69. The minimum absolute atomic E-state index is 0.0980. The number of carbonyl (C=O) groups is 1. The van der Waals surface area contributed by atoms with E-state index >= 15 is 0 Å². The number of hydrogen-bond acceptors (Lipinski definition) is 3. The maximum absolute atomic E-state index is 11.1. The van der Waals surface area contributed by atoms with Crippen molar-refractivity contribution in [2.75, 3.05) is 13.1 Å². The van der Waals surface area contributed by atoms with Crippen LogP contribution in [0.3, 0.4) is 0 Å². The molecule has 1 aliphatic heterocycles. The summed E-state index contributed by atoms with van der Waals surface area (Å²) >= 11 is 0. The van der Waals surface area contributed by atoms with E-state index in [0.717, 1.165) is 12.1 Å².